The van der Waals surface area contributed by atoms with E-state index < -0.39 is 16.1 Å². The fourth-order valence-corrected chi connectivity index (χ4v) is 4.83. The average molecular weight is 559 g/mol. The topological polar surface area (TPSA) is 99.0 Å². The highest BCUT2D eigenvalue weighted by atomic mass is 35.5. The second kappa shape index (κ2) is 11.7. The number of hydrogen-bond donors (Lipinski definition) is 0. The molecule has 1 aliphatic heterocycles. The van der Waals surface area contributed by atoms with E-state index in [9.17, 15) is 19.7 Å². The lowest BCUT2D eigenvalue weighted by molar-refractivity contribution is -0.385. The van der Waals surface area contributed by atoms with Crippen LogP contribution in [0.1, 0.15) is 23.6 Å². The van der Waals surface area contributed by atoms with Gasteiger partial charge in [-0.1, -0.05) is 53.5 Å². The number of imide groups is 1. The van der Waals surface area contributed by atoms with Crippen molar-refractivity contribution in [1.29, 1.82) is 0 Å². The third-order valence-electron chi connectivity index (χ3n) is 5.32. The van der Waals surface area contributed by atoms with Crippen LogP contribution < -0.4 is 9.47 Å². The highest BCUT2D eigenvalue weighted by Crippen LogP contribution is 2.40. The Labute approximate surface area is 226 Å². The van der Waals surface area contributed by atoms with Crippen LogP contribution in [0.5, 0.6) is 11.5 Å². The molecule has 0 saturated carbocycles. The molecule has 37 heavy (non-hydrogen) atoms. The summed E-state index contributed by atoms with van der Waals surface area (Å²) >= 11 is 13.2. The van der Waals surface area contributed by atoms with Gasteiger partial charge in [0.1, 0.15) is 6.61 Å². The Morgan fingerprint density at radius 3 is 2.49 bits per heavy atom. The van der Waals surface area contributed by atoms with Crippen LogP contribution in [0.25, 0.3) is 6.08 Å². The third-order valence-corrected chi connectivity index (χ3v) is 6.76. The minimum Gasteiger partial charge on any atom is -0.490 e. The molecule has 8 nitrogen and oxygen atoms in total. The number of hydrogen-bond acceptors (Lipinski definition) is 7. The standard InChI is InChI=1S/C26H20Cl2N2O6S/c1-2-35-22-12-17(11-20(28)24(22)36-15-16-7-9-19(27)10-8-16)13-23-25(31)29(26(32)37-23)14-18-5-3-4-6-21(18)30(33)34/h3-13H,2,14-15H2,1H3/b23-13+. The zero-order valence-corrected chi connectivity index (χ0v) is 21.8. The highest BCUT2D eigenvalue weighted by molar-refractivity contribution is 8.18. The lowest BCUT2D eigenvalue weighted by atomic mass is 10.1. The number of nitrogens with zero attached hydrogens (tertiary/aromatic N) is 2. The van der Waals surface area contributed by atoms with Crippen LogP contribution in [0, 0.1) is 10.1 Å². The molecule has 0 atom stereocenters. The Balaban J connectivity index is 1.56. The molecular weight excluding hydrogens is 539 g/mol. The molecule has 4 rings (SSSR count). The first kappa shape index (κ1) is 26.5. The largest absolute Gasteiger partial charge is 0.490 e. The maximum Gasteiger partial charge on any atom is 0.293 e. The molecule has 0 N–H and O–H groups in total. The summed E-state index contributed by atoms with van der Waals surface area (Å²) < 4.78 is 11.6. The molecule has 3 aromatic carbocycles. The second-order valence-electron chi connectivity index (χ2n) is 7.83. The van der Waals surface area contributed by atoms with Gasteiger partial charge in [-0.2, -0.15) is 0 Å². The van der Waals surface area contributed by atoms with E-state index in [0.29, 0.717) is 28.7 Å². The van der Waals surface area contributed by atoms with E-state index in [4.69, 9.17) is 32.7 Å². The van der Waals surface area contributed by atoms with E-state index in [1.807, 2.05) is 19.1 Å². The number of benzene rings is 3. The number of rotatable bonds is 9. The monoisotopic (exact) mass is 558 g/mol. The fourth-order valence-electron chi connectivity index (χ4n) is 3.59. The van der Waals surface area contributed by atoms with Crippen molar-refractivity contribution in [3.05, 3.63) is 102 Å². The van der Waals surface area contributed by atoms with Crippen molar-refractivity contribution in [3.8, 4) is 11.5 Å². The van der Waals surface area contributed by atoms with Crippen LogP contribution in [0.3, 0.4) is 0 Å². The number of carbonyl (C=O) groups excluding carboxylic acids is 2. The molecule has 1 heterocycles. The van der Waals surface area contributed by atoms with Crippen molar-refractivity contribution >= 4 is 57.9 Å². The Bertz CT molecular complexity index is 1390. The first-order valence-corrected chi connectivity index (χ1v) is 12.6. The number of thioether (sulfide) groups is 1. The molecule has 1 fully saturated rings. The van der Waals surface area contributed by atoms with Gasteiger partial charge in [0.15, 0.2) is 11.5 Å². The molecule has 0 aromatic heterocycles. The molecule has 0 spiro atoms. The average Bonchev–Trinajstić information content (AvgIpc) is 3.12. The molecule has 1 aliphatic rings. The Hall–Kier alpha value is -3.53. The minimum absolute atomic E-state index is 0.159. The van der Waals surface area contributed by atoms with Crippen molar-refractivity contribution in [2.45, 2.75) is 20.1 Å². The van der Waals surface area contributed by atoms with Gasteiger partial charge in [0.2, 0.25) is 0 Å². The second-order valence-corrected chi connectivity index (χ2v) is 9.67. The maximum atomic E-state index is 13.0. The molecule has 3 aromatic rings. The van der Waals surface area contributed by atoms with Crippen LogP contribution in [0.15, 0.2) is 65.6 Å². The number of para-hydroxylation sites is 1. The van der Waals surface area contributed by atoms with Gasteiger partial charge in [-0.25, -0.2) is 0 Å². The zero-order chi connectivity index (χ0) is 26.5. The Kier molecular flexibility index (Phi) is 8.38. The van der Waals surface area contributed by atoms with Crippen LogP contribution in [0.4, 0.5) is 10.5 Å². The summed E-state index contributed by atoms with van der Waals surface area (Å²) in [6.45, 7) is 2.20. The summed E-state index contributed by atoms with van der Waals surface area (Å²) in [5, 5.41) is 11.7. The lowest BCUT2D eigenvalue weighted by Gasteiger charge is -2.15. The minimum atomic E-state index is -0.551. The Morgan fingerprint density at radius 1 is 1.05 bits per heavy atom. The first-order valence-electron chi connectivity index (χ1n) is 11.1. The summed E-state index contributed by atoms with van der Waals surface area (Å²) in [5.74, 6) is 0.180. The van der Waals surface area contributed by atoms with E-state index in [1.165, 1.54) is 24.3 Å². The number of nitro benzene ring substituents is 1. The maximum absolute atomic E-state index is 13.0. The van der Waals surface area contributed by atoms with E-state index in [2.05, 4.69) is 0 Å². The van der Waals surface area contributed by atoms with Gasteiger partial charge in [-0.15, -0.1) is 0 Å². The van der Waals surface area contributed by atoms with Crippen LogP contribution in [-0.2, 0) is 17.9 Å². The highest BCUT2D eigenvalue weighted by Gasteiger charge is 2.36. The molecule has 0 radical (unpaired) electrons. The van der Waals surface area contributed by atoms with Gasteiger partial charge in [0.05, 0.1) is 28.0 Å². The van der Waals surface area contributed by atoms with E-state index in [0.717, 1.165) is 22.2 Å². The molecular formula is C26H20Cl2N2O6S. The number of nitro groups is 1. The number of carbonyl (C=O) groups is 2. The van der Waals surface area contributed by atoms with Crippen LogP contribution in [0.2, 0.25) is 10.0 Å². The first-order chi connectivity index (χ1) is 17.8. The molecule has 2 amide bonds. The van der Waals surface area contributed by atoms with Gasteiger partial charge in [0.25, 0.3) is 16.8 Å². The van der Waals surface area contributed by atoms with Crippen molar-refractivity contribution in [2.75, 3.05) is 6.61 Å². The number of halogens is 2. The molecule has 0 bridgehead atoms. The van der Waals surface area contributed by atoms with Gasteiger partial charge in [-0.05, 0) is 60.2 Å². The number of amides is 2. The van der Waals surface area contributed by atoms with Crippen molar-refractivity contribution < 1.29 is 24.0 Å². The summed E-state index contributed by atoms with van der Waals surface area (Å²) in [6.07, 6.45) is 1.53. The normalized spacial score (nSPS) is 14.4. The molecule has 1 saturated heterocycles. The van der Waals surface area contributed by atoms with E-state index >= 15 is 0 Å². The summed E-state index contributed by atoms with van der Waals surface area (Å²) in [6, 6.07) is 16.5. The zero-order valence-electron chi connectivity index (χ0n) is 19.5. The summed E-state index contributed by atoms with van der Waals surface area (Å²) in [4.78, 5) is 37.5. The third kappa shape index (κ3) is 6.25. The van der Waals surface area contributed by atoms with Crippen LogP contribution in [-0.4, -0.2) is 27.6 Å². The summed E-state index contributed by atoms with van der Waals surface area (Å²) in [5.41, 5.74) is 1.52. The molecule has 0 unspecified atom stereocenters. The van der Waals surface area contributed by atoms with E-state index in [-0.39, 0.29) is 34.3 Å². The van der Waals surface area contributed by atoms with Gasteiger partial charge in [-0.3, -0.25) is 24.6 Å². The Morgan fingerprint density at radius 2 is 1.78 bits per heavy atom. The van der Waals surface area contributed by atoms with Crippen molar-refractivity contribution in [1.82, 2.24) is 4.90 Å². The van der Waals surface area contributed by atoms with Crippen molar-refractivity contribution in [3.63, 3.8) is 0 Å². The molecule has 11 heteroatoms. The predicted molar refractivity (Wildman–Crippen MR) is 143 cm³/mol. The summed E-state index contributed by atoms with van der Waals surface area (Å²) in [7, 11) is 0. The van der Waals surface area contributed by atoms with Crippen LogP contribution >= 0.6 is 35.0 Å². The lowest BCUT2D eigenvalue weighted by Crippen LogP contribution is -2.27. The quantitative estimate of drug-likeness (QED) is 0.156. The molecule has 190 valence electrons. The van der Waals surface area contributed by atoms with E-state index in [1.54, 1.807) is 30.3 Å². The SMILES string of the molecule is CCOc1cc(/C=C2/SC(=O)N(Cc3ccccc3[N+](=O)[O-])C2=O)cc(Cl)c1OCc1ccc(Cl)cc1. The van der Waals surface area contributed by atoms with Gasteiger partial charge in [0, 0.05) is 16.7 Å². The number of ether oxygens (including phenoxy) is 2. The van der Waals surface area contributed by atoms with Crippen molar-refractivity contribution in [2.24, 2.45) is 0 Å². The van der Waals surface area contributed by atoms with Gasteiger partial charge < -0.3 is 9.47 Å². The smallest absolute Gasteiger partial charge is 0.293 e. The fraction of sp³-hybridized carbons (Fsp3) is 0.154. The predicted octanol–water partition coefficient (Wildman–Crippen LogP) is 7.12. The molecule has 0 aliphatic carbocycles. The van der Waals surface area contributed by atoms with Gasteiger partial charge >= 0.3 is 0 Å².